The molecule has 2 rings (SSSR count). The van der Waals surface area contributed by atoms with Crippen LogP contribution in [0.25, 0.3) is 0 Å². The Kier molecular flexibility index (Phi) is 3.22. The number of rotatable bonds is 3. The first-order valence-electron chi connectivity index (χ1n) is 4.69. The monoisotopic (exact) mass is 332 g/mol. The Hall–Kier alpha value is -1.68. The quantitative estimate of drug-likeness (QED) is 0.838. The first-order chi connectivity index (χ1) is 8.42. The van der Waals surface area contributed by atoms with Crippen LogP contribution in [0.1, 0.15) is 0 Å². The summed E-state index contributed by atoms with van der Waals surface area (Å²) in [5, 5.41) is 7.13. The van der Waals surface area contributed by atoms with E-state index in [-0.39, 0.29) is 21.0 Å². The Balaban J connectivity index is 2.43. The number of aromatic nitrogens is 4. The maximum Gasteiger partial charge on any atom is 0.281 e. The molecule has 96 valence electrons. The number of aryl methyl sites for hydroxylation is 1. The summed E-state index contributed by atoms with van der Waals surface area (Å²) in [4.78, 5) is 3.77. The van der Waals surface area contributed by atoms with Crippen molar-refractivity contribution in [3.63, 3.8) is 0 Å². The van der Waals surface area contributed by atoms with Crippen LogP contribution in [-0.2, 0) is 17.1 Å². The highest BCUT2D eigenvalue weighted by molar-refractivity contribution is 9.10. The minimum absolute atomic E-state index is 0.0845. The van der Waals surface area contributed by atoms with Crippen LogP contribution in [0.15, 0.2) is 28.1 Å². The Bertz CT molecular complexity index is 663. The topological polar surface area (TPSA) is 116 Å². The number of nitrogens with zero attached hydrogens (tertiary/aromatic N) is 4. The van der Waals surface area contributed by atoms with E-state index in [2.05, 4.69) is 35.9 Å². The Labute approximate surface area is 111 Å². The van der Waals surface area contributed by atoms with Gasteiger partial charge < -0.3 is 5.73 Å². The third-order valence-corrected chi connectivity index (χ3v) is 4.34. The summed E-state index contributed by atoms with van der Waals surface area (Å²) in [5.41, 5.74) is 6.10. The zero-order valence-corrected chi connectivity index (χ0v) is 11.6. The Morgan fingerprint density at radius 1 is 1.50 bits per heavy atom. The number of nitrogens with two attached hydrogens (primary N) is 1. The molecule has 3 N–H and O–H groups in total. The lowest BCUT2D eigenvalue weighted by Gasteiger charge is -2.09. The van der Waals surface area contributed by atoms with Crippen LogP contribution < -0.4 is 10.5 Å². The van der Waals surface area contributed by atoms with Gasteiger partial charge in [0.25, 0.3) is 10.0 Å². The van der Waals surface area contributed by atoms with Gasteiger partial charge in [0.2, 0.25) is 5.03 Å². The molecule has 0 saturated carbocycles. The van der Waals surface area contributed by atoms with Crippen LogP contribution >= 0.6 is 15.9 Å². The predicted octanol–water partition coefficient (Wildman–Crippen LogP) is 0.356. The molecule has 0 aromatic carbocycles. The van der Waals surface area contributed by atoms with E-state index in [0.717, 1.165) is 4.68 Å². The van der Waals surface area contributed by atoms with Gasteiger partial charge in [-0.3, -0.25) is 9.71 Å². The lowest BCUT2D eigenvalue weighted by Crippen LogP contribution is -2.18. The van der Waals surface area contributed by atoms with Crippen molar-refractivity contribution in [2.24, 2.45) is 7.05 Å². The zero-order valence-electron chi connectivity index (χ0n) is 9.20. The van der Waals surface area contributed by atoms with Gasteiger partial charge in [-0.1, -0.05) is 5.21 Å². The van der Waals surface area contributed by atoms with E-state index in [4.69, 9.17) is 5.73 Å². The maximum absolute atomic E-state index is 12.1. The molecule has 0 fully saturated rings. The van der Waals surface area contributed by atoms with Gasteiger partial charge >= 0.3 is 0 Å². The summed E-state index contributed by atoms with van der Waals surface area (Å²) < 4.78 is 27.9. The lowest BCUT2D eigenvalue weighted by atomic mass is 10.4. The minimum Gasteiger partial charge on any atom is -0.396 e. The number of nitrogens with one attached hydrogen (secondary N) is 1. The van der Waals surface area contributed by atoms with Crippen molar-refractivity contribution in [1.82, 2.24) is 20.0 Å². The van der Waals surface area contributed by atoms with E-state index in [0.29, 0.717) is 0 Å². The van der Waals surface area contributed by atoms with E-state index in [1.54, 1.807) is 0 Å². The number of nitrogen functional groups attached to an aromatic ring is 1. The molecule has 0 bridgehead atoms. The molecule has 0 amide bonds. The van der Waals surface area contributed by atoms with Crippen LogP contribution in [0, 0.1) is 0 Å². The Morgan fingerprint density at radius 2 is 2.22 bits per heavy atom. The lowest BCUT2D eigenvalue weighted by molar-refractivity contribution is 0.578. The molecule has 0 aliphatic carbocycles. The summed E-state index contributed by atoms with van der Waals surface area (Å²) in [6.07, 6.45) is 2.79. The van der Waals surface area contributed by atoms with Crippen LogP contribution in [0.5, 0.6) is 0 Å². The van der Waals surface area contributed by atoms with Crippen LogP contribution in [0.2, 0.25) is 0 Å². The Morgan fingerprint density at radius 3 is 2.78 bits per heavy atom. The standard InChI is InChI=1S/C8H9BrN6O2S/c1-15-8(7(9)12-14-15)18(16,17)13-6-2-3-11-4-5(6)10/h2-4H,10H2,1H3,(H,11,13). The summed E-state index contributed by atoms with van der Waals surface area (Å²) in [5.74, 6) is 0. The fraction of sp³-hybridized carbons (Fsp3) is 0.125. The van der Waals surface area contributed by atoms with Crippen LogP contribution in [0.4, 0.5) is 11.4 Å². The molecule has 0 unspecified atom stereocenters. The largest absolute Gasteiger partial charge is 0.396 e. The van der Waals surface area contributed by atoms with Gasteiger partial charge in [-0.15, -0.1) is 5.10 Å². The SMILES string of the molecule is Cn1nnc(Br)c1S(=O)(=O)Nc1ccncc1N. The number of anilines is 2. The van der Waals surface area contributed by atoms with Crippen molar-refractivity contribution in [3.8, 4) is 0 Å². The average Bonchev–Trinajstić information content (AvgIpc) is 2.62. The predicted molar refractivity (Wildman–Crippen MR) is 68.2 cm³/mol. The fourth-order valence-corrected chi connectivity index (χ4v) is 3.49. The smallest absolute Gasteiger partial charge is 0.281 e. The van der Waals surface area contributed by atoms with Crippen molar-refractivity contribution in [1.29, 1.82) is 0 Å². The highest BCUT2D eigenvalue weighted by atomic mass is 79.9. The molecule has 0 atom stereocenters. The first kappa shape index (κ1) is 12.8. The van der Waals surface area contributed by atoms with Crippen molar-refractivity contribution in [2.75, 3.05) is 10.5 Å². The van der Waals surface area contributed by atoms with Crippen molar-refractivity contribution < 1.29 is 8.42 Å². The normalized spacial score (nSPS) is 11.4. The molecule has 2 aromatic rings. The van der Waals surface area contributed by atoms with Gasteiger partial charge in [0.1, 0.15) is 0 Å². The maximum atomic E-state index is 12.1. The number of pyridine rings is 1. The average molecular weight is 333 g/mol. The van der Waals surface area contributed by atoms with E-state index >= 15 is 0 Å². The third-order valence-electron chi connectivity index (χ3n) is 2.09. The van der Waals surface area contributed by atoms with Crippen molar-refractivity contribution in [3.05, 3.63) is 23.1 Å². The molecule has 0 spiro atoms. The van der Waals surface area contributed by atoms with Gasteiger partial charge in [0.15, 0.2) is 4.60 Å². The van der Waals surface area contributed by atoms with Crippen molar-refractivity contribution >= 4 is 37.3 Å². The third kappa shape index (κ3) is 2.29. The molecular weight excluding hydrogens is 324 g/mol. The van der Waals surface area contributed by atoms with Crippen LogP contribution in [0.3, 0.4) is 0 Å². The van der Waals surface area contributed by atoms with E-state index in [9.17, 15) is 8.42 Å². The van der Waals surface area contributed by atoms with Gasteiger partial charge in [-0.05, 0) is 22.0 Å². The van der Waals surface area contributed by atoms with E-state index in [1.165, 1.54) is 25.5 Å². The highest BCUT2D eigenvalue weighted by Gasteiger charge is 2.24. The number of halogens is 1. The summed E-state index contributed by atoms with van der Waals surface area (Å²) in [6.45, 7) is 0. The zero-order chi connectivity index (χ0) is 13.3. The highest BCUT2D eigenvalue weighted by Crippen LogP contribution is 2.23. The molecule has 0 radical (unpaired) electrons. The molecule has 0 saturated heterocycles. The second-order valence-electron chi connectivity index (χ2n) is 3.38. The molecule has 10 heteroatoms. The molecule has 0 aliphatic rings. The molecule has 2 aromatic heterocycles. The number of hydrogen-bond donors (Lipinski definition) is 2. The first-order valence-corrected chi connectivity index (χ1v) is 6.97. The fourth-order valence-electron chi connectivity index (χ4n) is 1.30. The molecule has 8 nitrogen and oxygen atoms in total. The molecule has 18 heavy (non-hydrogen) atoms. The summed E-state index contributed by atoms with van der Waals surface area (Å²) >= 11 is 3.03. The number of hydrogen-bond acceptors (Lipinski definition) is 6. The van der Waals surface area contributed by atoms with E-state index < -0.39 is 10.0 Å². The summed E-state index contributed by atoms with van der Waals surface area (Å²) in [6, 6.07) is 1.46. The van der Waals surface area contributed by atoms with Crippen LogP contribution in [-0.4, -0.2) is 28.4 Å². The van der Waals surface area contributed by atoms with E-state index in [1.807, 2.05) is 0 Å². The van der Waals surface area contributed by atoms with Gasteiger partial charge in [0.05, 0.1) is 17.6 Å². The van der Waals surface area contributed by atoms with Gasteiger partial charge in [0, 0.05) is 13.2 Å². The molecular formula is C8H9BrN6O2S. The van der Waals surface area contributed by atoms with Crippen molar-refractivity contribution in [2.45, 2.75) is 5.03 Å². The summed E-state index contributed by atoms with van der Waals surface area (Å²) in [7, 11) is -2.35. The number of sulfonamides is 1. The second-order valence-corrected chi connectivity index (χ2v) is 5.73. The van der Waals surface area contributed by atoms with Gasteiger partial charge in [-0.2, -0.15) is 8.42 Å². The molecule has 0 aliphatic heterocycles. The second kappa shape index (κ2) is 4.53. The minimum atomic E-state index is -3.82. The van der Waals surface area contributed by atoms with Gasteiger partial charge in [-0.25, -0.2) is 4.68 Å². The molecule has 2 heterocycles.